The molecule has 0 radical (unpaired) electrons. The number of alkyl halides is 3. The molecular weight excluding hydrogens is 363 g/mol. The van der Waals surface area contributed by atoms with Gasteiger partial charge in [0, 0.05) is 13.0 Å². The fraction of sp³-hybridized carbons (Fsp3) is 0.263. The highest BCUT2D eigenvalue weighted by Crippen LogP contribution is 2.26. The lowest BCUT2D eigenvalue weighted by Crippen LogP contribution is -2.26. The molecule has 2 N–H and O–H groups in total. The van der Waals surface area contributed by atoms with Gasteiger partial charge in [0.05, 0.1) is 5.56 Å². The van der Waals surface area contributed by atoms with Crippen molar-refractivity contribution in [2.24, 2.45) is 0 Å². The zero-order valence-electron chi connectivity index (χ0n) is 14.3. The number of para-hydroxylation sites is 1. The second kappa shape index (κ2) is 9.07. The molecule has 0 bridgehead atoms. The van der Waals surface area contributed by atoms with Gasteiger partial charge in [-0.05, 0) is 36.1 Å². The number of carboxylic acid groups (broad SMARTS) is 1. The highest BCUT2D eigenvalue weighted by molar-refractivity contribution is 5.89. The number of carbonyl (C=O) groups is 2. The molecule has 2 rings (SSSR count). The third-order valence-corrected chi connectivity index (χ3v) is 3.78. The number of carboxylic acids is 1. The van der Waals surface area contributed by atoms with Gasteiger partial charge in [0.2, 0.25) is 5.91 Å². The molecule has 0 unspecified atom stereocenters. The molecule has 0 fully saturated rings. The zero-order valence-corrected chi connectivity index (χ0v) is 14.3. The van der Waals surface area contributed by atoms with Crippen LogP contribution in [-0.4, -0.2) is 29.9 Å². The van der Waals surface area contributed by atoms with Gasteiger partial charge < -0.3 is 15.2 Å². The van der Waals surface area contributed by atoms with E-state index in [1.165, 1.54) is 24.3 Å². The predicted octanol–water partition coefficient (Wildman–Crippen LogP) is 3.57. The van der Waals surface area contributed by atoms with Gasteiger partial charge >= 0.3 is 12.3 Å². The number of carbonyl (C=O) groups excluding carboxylic acids is 1. The number of halogens is 3. The maximum Gasteiger partial charge on any atom is 0.573 e. The van der Waals surface area contributed by atoms with E-state index in [1.807, 2.05) is 0 Å². The minimum Gasteiger partial charge on any atom is -0.478 e. The number of hydrogen-bond donors (Lipinski definition) is 2. The summed E-state index contributed by atoms with van der Waals surface area (Å²) in [6.07, 6.45) is -4.28. The molecule has 5 nitrogen and oxygen atoms in total. The molecule has 144 valence electrons. The van der Waals surface area contributed by atoms with Gasteiger partial charge in [0.1, 0.15) is 5.75 Å². The van der Waals surface area contributed by atoms with Crippen molar-refractivity contribution in [2.75, 3.05) is 6.54 Å². The Kier molecular flexibility index (Phi) is 6.81. The van der Waals surface area contributed by atoms with Crippen molar-refractivity contribution in [3.8, 4) is 5.75 Å². The standard InChI is InChI=1S/C19H18F3NO4/c20-19(21,22)27-16-8-4-2-6-14(16)11-12-23-17(24)10-9-13-5-1-3-7-15(13)18(25)26/h1-8H,9-12H2,(H,23,24)(H,25,26). The molecule has 0 aromatic heterocycles. The minimum atomic E-state index is -4.78. The smallest absolute Gasteiger partial charge is 0.478 e. The molecule has 0 saturated carbocycles. The van der Waals surface area contributed by atoms with Crippen molar-refractivity contribution >= 4 is 11.9 Å². The van der Waals surface area contributed by atoms with Crippen LogP contribution in [0.1, 0.15) is 27.9 Å². The molecule has 0 spiro atoms. The molecule has 0 aliphatic carbocycles. The third-order valence-electron chi connectivity index (χ3n) is 3.78. The summed E-state index contributed by atoms with van der Waals surface area (Å²) in [5.41, 5.74) is 1.01. The van der Waals surface area contributed by atoms with E-state index in [1.54, 1.807) is 24.3 Å². The summed E-state index contributed by atoms with van der Waals surface area (Å²) in [6.45, 7) is 0.137. The van der Waals surface area contributed by atoms with Crippen LogP contribution in [0.4, 0.5) is 13.2 Å². The van der Waals surface area contributed by atoms with E-state index in [2.05, 4.69) is 10.1 Å². The first-order valence-corrected chi connectivity index (χ1v) is 8.18. The summed E-state index contributed by atoms with van der Waals surface area (Å²) in [6, 6.07) is 12.1. The molecule has 0 aliphatic heterocycles. The zero-order chi connectivity index (χ0) is 19.9. The van der Waals surface area contributed by atoms with Gasteiger partial charge in [-0.15, -0.1) is 13.2 Å². The van der Waals surface area contributed by atoms with Crippen LogP contribution in [0.2, 0.25) is 0 Å². The second-order valence-electron chi connectivity index (χ2n) is 5.72. The maximum atomic E-state index is 12.4. The van der Waals surface area contributed by atoms with E-state index < -0.39 is 12.3 Å². The molecule has 0 aliphatic rings. The van der Waals surface area contributed by atoms with Crippen LogP contribution in [0.5, 0.6) is 5.75 Å². The van der Waals surface area contributed by atoms with Crippen molar-refractivity contribution in [1.82, 2.24) is 5.32 Å². The van der Waals surface area contributed by atoms with Gasteiger partial charge in [-0.2, -0.15) is 0 Å². The SMILES string of the molecule is O=C(CCc1ccccc1C(=O)O)NCCc1ccccc1OC(F)(F)F. The highest BCUT2D eigenvalue weighted by Gasteiger charge is 2.31. The second-order valence-corrected chi connectivity index (χ2v) is 5.72. The Bertz CT molecular complexity index is 806. The lowest BCUT2D eigenvalue weighted by molar-refractivity contribution is -0.274. The fourth-order valence-electron chi connectivity index (χ4n) is 2.55. The molecule has 8 heteroatoms. The Morgan fingerprint density at radius 1 is 0.963 bits per heavy atom. The molecule has 2 aromatic carbocycles. The molecular formula is C19H18F3NO4. The van der Waals surface area contributed by atoms with Crippen LogP contribution in [0.15, 0.2) is 48.5 Å². The summed E-state index contributed by atoms with van der Waals surface area (Å²) < 4.78 is 41.1. The minimum absolute atomic E-state index is 0.0744. The van der Waals surface area contributed by atoms with Gasteiger partial charge in [-0.25, -0.2) is 4.79 Å². The molecule has 0 saturated heterocycles. The maximum absolute atomic E-state index is 12.4. The highest BCUT2D eigenvalue weighted by atomic mass is 19.4. The first kappa shape index (κ1) is 20.3. The van der Waals surface area contributed by atoms with Crippen molar-refractivity contribution in [3.05, 3.63) is 65.2 Å². The van der Waals surface area contributed by atoms with E-state index >= 15 is 0 Å². The van der Waals surface area contributed by atoms with Crippen molar-refractivity contribution in [3.63, 3.8) is 0 Å². The van der Waals surface area contributed by atoms with Crippen LogP contribution < -0.4 is 10.1 Å². The van der Waals surface area contributed by atoms with Gasteiger partial charge in [-0.1, -0.05) is 36.4 Å². The fourth-order valence-corrected chi connectivity index (χ4v) is 2.55. The van der Waals surface area contributed by atoms with Crippen molar-refractivity contribution in [1.29, 1.82) is 0 Å². The first-order chi connectivity index (χ1) is 12.8. The van der Waals surface area contributed by atoms with Crippen LogP contribution in [-0.2, 0) is 17.6 Å². The quantitative estimate of drug-likeness (QED) is 0.733. The number of hydrogen-bond acceptors (Lipinski definition) is 3. The van der Waals surface area contributed by atoms with E-state index in [0.29, 0.717) is 11.1 Å². The Morgan fingerprint density at radius 2 is 1.59 bits per heavy atom. The van der Waals surface area contributed by atoms with Crippen LogP contribution in [0.25, 0.3) is 0 Å². The molecule has 0 heterocycles. The van der Waals surface area contributed by atoms with E-state index in [0.717, 1.165) is 0 Å². The Hall–Kier alpha value is -3.03. The average molecular weight is 381 g/mol. The Morgan fingerprint density at radius 3 is 2.26 bits per heavy atom. The van der Waals surface area contributed by atoms with Gasteiger partial charge in [-0.3, -0.25) is 4.79 Å². The number of ether oxygens (including phenoxy) is 1. The van der Waals surface area contributed by atoms with Crippen LogP contribution >= 0.6 is 0 Å². The number of amides is 1. The number of aryl methyl sites for hydroxylation is 1. The number of benzene rings is 2. The molecule has 1 amide bonds. The number of rotatable bonds is 8. The largest absolute Gasteiger partial charge is 0.573 e. The molecule has 27 heavy (non-hydrogen) atoms. The monoisotopic (exact) mass is 381 g/mol. The summed E-state index contributed by atoms with van der Waals surface area (Å²) in [5, 5.41) is 11.7. The Labute approximate surface area is 153 Å². The summed E-state index contributed by atoms with van der Waals surface area (Å²) >= 11 is 0. The summed E-state index contributed by atoms with van der Waals surface area (Å²) in [7, 11) is 0. The summed E-state index contributed by atoms with van der Waals surface area (Å²) in [4.78, 5) is 23.1. The van der Waals surface area contributed by atoms with Gasteiger partial charge in [0.15, 0.2) is 0 Å². The van der Waals surface area contributed by atoms with Crippen molar-refractivity contribution in [2.45, 2.75) is 25.6 Å². The average Bonchev–Trinajstić information content (AvgIpc) is 2.60. The van der Waals surface area contributed by atoms with Crippen LogP contribution in [0.3, 0.4) is 0 Å². The van der Waals surface area contributed by atoms with Crippen molar-refractivity contribution < 1.29 is 32.6 Å². The van der Waals surface area contributed by atoms with Gasteiger partial charge in [0.25, 0.3) is 0 Å². The Balaban J connectivity index is 1.85. The van der Waals surface area contributed by atoms with E-state index in [-0.39, 0.29) is 43.0 Å². The summed E-state index contributed by atoms with van der Waals surface area (Å²) in [5.74, 6) is -1.67. The number of nitrogens with one attached hydrogen (secondary N) is 1. The van der Waals surface area contributed by atoms with E-state index in [9.17, 15) is 22.8 Å². The normalized spacial score (nSPS) is 11.1. The number of aromatic carboxylic acids is 1. The van der Waals surface area contributed by atoms with E-state index in [4.69, 9.17) is 5.11 Å². The third kappa shape index (κ3) is 6.65. The topological polar surface area (TPSA) is 75.6 Å². The lowest BCUT2D eigenvalue weighted by atomic mass is 10.0. The predicted molar refractivity (Wildman–Crippen MR) is 91.6 cm³/mol. The lowest BCUT2D eigenvalue weighted by Gasteiger charge is -2.13. The molecule has 0 atom stereocenters. The van der Waals surface area contributed by atoms with Crippen LogP contribution in [0, 0.1) is 0 Å². The first-order valence-electron chi connectivity index (χ1n) is 8.18. The molecule has 2 aromatic rings.